The van der Waals surface area contributed by atoms with Gasteiger partial charge in [0.25, 0.3) is 0 Å². The zero-order valence-electron chi connectivity index (χ0n) is 15.7. The van der Waals surface area contributed by atoms with E-state index in [9.17, 15) is 16.8 Å². The minimum absolute atomic E-state index is 0.134. The highest BCUT2D eigenvalue weighted by Crippen LogP contribution is 2.40. The molecule has 2 aromatic carbocycles. The smallest absolute Gasteiger partial charge is 0.247 e. The fraction of sp³-hybridized carbons (Fsp3) is 0.278. The van der Waals surface area contributed by atoms with Crippen LogP contribution in [0.3, 0.4) is 0 Å². The molecule has 11 heteroatoms. The molecule has 1 N–H and O–H groups in total. The highest BCUT2D eigenvalue weighted by molar-refractivity contribution is 7.92. The highest BCUT2D eigenvalue weighted by atomic mass is 32.2. The van der Waals surface area contributed by atoms with Gasteiger partial charge in [-0.15, -0.1) is 0 Å². The molecule has 0 spiro atoms. The molecular formula is C18H19N3O6S2. The van der Waals surface area contributed by atoms with Gasteiger partial charge in [0.05, 0.1) is 24.3 Å². The van der Waals surface area contributed by atoms with Gasteiger partial charge in [0.1, 0.15) is 0 Å². The molecule has 0 aromatic heterocycles. The summed E-state index contributed by atoms with van der Waals surface area (Å²) in [5.74, 6) is 1.19. The van der Waals surface area contributed by atoms with Crippen LogP contribution in [0.5, 0.6) is 11.5 Å². The summed E-state index contributed by atoms with van der Waals surface area (Å²) in [6.45, 7) is 0.134. The van der Waals surface area contributed by atoms with E-state index in [1.165, 1.54) is 0 Å². The number of fused-ring (bicyclic) bond motifs is 1. The lowest BCUT2D eigenvalue weighted by Crippen LogP contribution is -2.25. The van der Waals surface area contributed by atoms with Gasteiger partial charge in [-0.2, -0.15) is 9.52 Å². The third kappa shape index (κ3) is 4.15. The van der Waals surface area contributed by atoms with Crippen molar-refractivity contribution in [1.29, 1.82) is 0 Å². The van der Waals surface area contributed by atoms with Crippen LogP contribution in [0.25, 0.3) is 0 Å². The maximum Gasteiger partial charge on any atom is 0.247 e. The molecule has 1 atom stereocenters. The van der Waals surface area contributed by atoms with Crippen LogP contribution in [0.4, 0.5) is 5.69 Å². The van der Waals surface area contributed by atoms with Gasteiger partial charge in [-0.3, -0.25) is 4.72 Å². The summed E-state index contributed by atoms with van der Waals surface area (Å²) >= 11 is 0. The molecule has 2 heterocycles. The first-order chi connectivity index (χ1) is 13.6. The molecule has 0 unspecified atom stereocenters. The van der Waals surface area contributed by atoms with Crippen molar-refractivity contribution in [2.24, 2.45) is 5.10 Å². The Morgan fingerprint density at radius 3 is 2.34 bits per heavy atom. The first kappa shape index (κ1) is 19.5. The van der Waals surface area contributed by atoms with Crippen molar-refractivity contribution >= 4 is 31.4 Å². The number of anilines is 1. The van der Waals surface area contributed by atoms with Crippen LogP contribution in [-0.4, -0.2) is 46.3 Å². The molecule has 2 aliphatic rings. The zero-order valence-corrected chi connectivity index (χ0v) is 17.3. The SMILES string of the molecule is CS(=O)(=O)Nc1ccc(C2=NN(S(C)(=O)=O)[C@H](c3ccc4c(c3)OCO4)C2)cc1. The summed E-state index contributed by atoms with van der Waals surface area (Å²) in [5, 5.41) is 4.34. The summed E-state index contributed by atoms with van der Waals surface area (Å²) in [7, 11) is -6.98. The Balaban J connectivity index is 1.64. The van der Waals surface area contributed by atoms with Gasteiger partial charge >= 0.3 is 0 Å². The number of sulfonamides is 2. The molecule has 0 amide bonds. The normalized spacial score (nSPS) is 18.6. The van der Waals surface area contributed by atoms with Gasteiger partial charge in [0, 0.05) is 12.1 Å². The first-order valence-corrected chi connectivity index (χ1v) is 12.4. The van der Waals surface area contributed by atoms with E-state index in [-0.39, 0.29) is 6.79 Å². The molecule has 4 rings (SSSR count). The van der Waals surface area contributed by atoms with E-state index in [0.717, 1.165) is 22.5 Å². The van der Waals surface area contributed by atoms with Crippen LogP contribution in [0, 0.1) is 0 Å². The van der Waals surface area contributed by atoms with Gasteiger partial charge in [-0.1, -0.05) is 18.2 Å². The fourth-order valence-electron chi connectivity index (χ4n) is 3.28. The Hall–Kier alpha value is -2.79. The molecule has 0 aliphatic carbocycles. The number of ether oxygens (including phenoxy) is 2. The first-order valence-electron chi connectivity index (χ1n) is 8.65. The lowest BCUT2D eigenvalue weighted by atomic mass is 9.98. The Morgan fingerprint density at radius 2 is 1.69 bits per heavy atom. The van der Waals surface area contributed by atoms with Crippen LogP contribution in [0.1, 0.15) is 23.6 Å². The van der Waals surface area contributed by atoms with Crippen molar-refractivity contribution < 1.29 is 26.3 Å². The predicted molar refractivity (Wildman–Crippen MR) is 108 cm³/mol. The number of nitrogens with zero attached hydrogens (tertiary/aromatic N) is 2. The highest BCUT2D eigenvalue weighted by Gasteiger charge is 2.35. The van der Waals surface area contributed by atoms with E-state index in [1.807, 2.05) is 0 Å². The molecule has 29 heavy (non-hydrogen) atoms. The number of nitrogens with one attached hydrogen (secondary N) is 1. The summed E-state index contributed by atoms with van der Waals surface area (Å²) in [6.07, 6.45) is 2.55. The van der Waals surface area contributed by atoms with Gasteiger partial charge in [0.2, 0.25) is 26.8 Å². The van der Waals surface area contributed by atoms with E-state index in [1.54, 1.807) is 42.5 Å². The molecule has 2 aliphatic heterocycles. The van der Waals surface area contributed by atoms with Crippen LogP contribution in [-0.2, 0) is 20.0 Å². The lowest BCUT2D eigenvalue weighted by molar-refractivity contribution is 0.174. The van der Waals surface area contributed by atoms with Crippen molar-refractivity contribution in [2.75, 3.05) is 24.0 Å². The van der Waals surface area contributed by atoms with Crippen LogP contribution < -0.4 is 14.2 Å². The summed E-state index contributed by atoms with van der Waals surface area (Å²) in [6, 6.07) is 11.4. The average molecular weight is 437 g/mol. The van der Waals surface area contributed by atoms with Crippen LogP contribution >= 0.6 is 0 Å². The molecule has 0 saturated carbocycles. The maximum absolute atomic E-state index is 12.3. The minimum Gasteiger partial charge on any atom is -0.454 e. The number of rotatable bonds is 5. The van der Waals surface area contributed by atoms with Gasteiger partial charge in [0.15, 0.2) is 11.5 Å². The second-order valence-electron chi connectivity index (χ2n) is 6.87. The van der Waals surface area contributed by atoms with E-state index >= 15 is 0 Å². The van der Waals surface area contributed by atoms with Crippen molar-refractivity contribution in [1.82, 2.24) is 4.41 Å². The van der Waals surface area contributed by atoms with Crippen molar-refractivity contribution in [3.63, 3.8) is 0 Å². The molecule has 0 bridgehead atoms. The largest absolute Gasteiger partial charge is 0.454 e. The predicted octanol–water partition coefficient (Wildman–Crippen LogP) is 1.90. The quantitative estimate of drug-likeness (QED) is 0.764. The zero-order chi connectivity index (χ0) is 20.8. The van der Waals surface area contributed by atoms with Gasteiger partial charge in [-0.05, 0) is 35.4 Å². The molecule has 9 nitrogen and oxygen atoms in total. The monoisotopic (exact) mass is 437 g/mol. The van der Waals surface area contributed by atoms with Crippen LogP contribution in [0.15, 0.2) is 47.6 Å². The topological polar surface area (TPSA) is 114 Å². The van der Waals surface area contributed by atoms with Gasteiger partial charge < -0.3 is 9.47 Å². The molecule has 154 valence electrons. The summed E-state index contributed by atoms with van der Waals surface area (Å²) in [5.41, 5.74) is 2.46. The summed E-state index contributed by atoms with van der Waals surface area (Å²) in [4.78, 5) is 0. The van der Waals surface area contributed by atoms with Gasteiger partial charge in [-0.25, -0.2) is 16.8 Å². The average Bonchev–Trinajstić information content (AvgIpc) is 3.27. The molecular weight excluding hydrogens is 418 g/mol. The summed E-state index contributed by atoms with van der Waals surface area (Å²) < 4.78 is 61.6. The second kappa shape index (κ2) is 6.92. The molecule has 0 fully saturated rings. The van der Waals surface area contributed by atoms with Crippen molar-refractivity contribution in [3.05, 3.63) is 53.6 Å². The number of hydrazone groups is 1. The van der Waals surface area contributed by atoms with Crippen LogP contribution in [0.2, 0.25) is 0 Å². The standard InChI is InChI=1S/C18H19N3O6S2/c1-28(22,23)20-14-6-3-12(4-7-14)15-10-16(21(19-15)29(2,24)25)13-5-8-17-18(9-13)27-11-26-17/h3-9,16,20H,10-11H2,1-2H3/t16-/m0/s1. The van der Waals surface area contributed by atoms with E-state index in [4.69, 9.17) is 9.47 Å². The molecule has 0 saturated heterocycles. The number of hydrogen-bond donors (Lipinski definition) is 1. The van der Waals surface area contributed by atoms with Crippen molar-refractivity contribution in [2.45, 2.75) is 12.5 Å². The minimum atomic E-state index is -3.60. The number of hydrogen-bond acceptors (Lipinski definition) is 7. The van der Waals surface area contributed by atoms with E-state index < -0.39 is 26.1 Å². The lowest BCUT2D eigenvalue weighted by Gasteiger charge is -2.21. The molecule has 2 aromatic rings. The fourth-order valence-corrected chi connectivity index (χ4v) is 4.75. The third-order valence-corrected chi connectivity index (χ3v) is 6.14. The Morgan fingerprint density at radius 1 is 1.00 bits per heavy atom. The Labute approximate surface area is 169 Å². The van der Waals surface area contributed by atoms with Crippen molar-refractivity contribution in [3.8, 4) is 11.5 Å². The Kier molecular flexibility index (Phi) is 4.66. The Bertz CT molecular complexity index is 1190. The second-order valence-corrected chi connectivity index (χ2v) is 10.5. The van der Waals surface area contributed by atoms with E-state index in [0.29, 0.717) is 34.9 Å². The number of benzene rings is 2. The third-order valence-electron chi connectivity index (χ3n) is 4.52. The van der Waals surface area contributed by atoms with E-state index in [2.05, 4.69) is 9.82 Å². The maximum atomic E-state index is 12.3. The molecule has 0 radical (unpaired) electrons.